The van der Waals surface area contributed by atoms with Gasteiger partial charge in [-0.2, -0.15) is 0 Å². The summed E-state index contributed by atoms with van der Waals surface area (Å²) in [6.07, 6.45) is 0. The van der Waals surface area contributed by atoms with Crippen LogP contribution in [0.2, 0.25) is 0 Å². The monoisotopic (exact) mass is 603 g/mol. The maximum absolute atomic E-state index is 2.38. The Hall–Kier alpha value is -5.70. The molecule has 0 aliphatic rings. The average Bonchev–Trinajstić information content (AvgIpc) is 3.50. The molecular formula is C44H29NS. The molecule has 8 aromatic carbocycles. The molecule has 0 spiro atoms. The number of fused-ring (bicyclic) bond motifs is 5. The fourth-order valence-electron chi connectivity index (χ4n) is 6.83. The summed E-state index contributed by atoms with van der Waals surface area (Å²) in [7, 11) is 0. The maximum Gasteiger partial charge on any atom is 0.0468 e. The zero-order valence-corrected chi connectivity index (χ0v) is 25.9. The summed E-state index contributed by atoms with van der Waals surface area (Å²) in [5.41, 5.74) is 8.33. The molecule has 216 valence electrons. The number of rotatable bonds is 5. The molecule has 1 heterocycles. The smallest absolute Gasteiger partial charge is 0.0468 e. The number of anilines is 3. The van der Waals surface area contributed by atoms with E-state index >= 15 is 0 Å². The van der Waals surface area contributed by atoms with Crippen molar-refractivity contribution in [3.63, 3.8) is 0 Å². The molecule has 0 saturated heterocycles. The largest absolute Gasteiger partial charge is 0.310 e. The zero-order valence-electron chi connectivity index (χ0n) is 25.1. The van der Waals surface area contributed by atoms with Crippen molar-refractivity contribution < 1.29 is 0 Å². The second-order valence-electron chi connectivity index (χ2n) is 11.8. The van der Waals surface area contributed by atoms with Crippen LogP contribution in [0.4, 0.5) is 17.1 Å². The second kappa shape index (κ2) is 11.0. The van der Waals surface area contributed by atoms with E-state index in [0.717, 1.165) is 17.1 Å². The van der Waals surface area contributed by atoms with E-state index in [0.29, 0.717) is 0 Å². The fourth-order valence-corrected chi connectivity index (χ4v) is 7.92. The third kappa shape index (κ3) is 4.54. The second-order valence-corrected chi connectivity index (χ2v) is 12.8. The van der Waals surface area contributed by atoms with Crippen molar-refractivity contribution in [1.29, 1.82) is 0 Å². The Morgan fingerprint density at radius 3 is 1.37 bits per heavy atom. The maximum atomic E-state index is 2.38. The van der Waals surface area contributed by atoms with Crippen LogP contribution in [0.5, 0.6) is 0 Å². The minimum Gasteiger partial charge on any atom is -0.310 e. The lowest BCUT2D eigenvalue weighted by Gasteiger charge is -2.26. The van der Waals surface area contributed by atoms with Crippen molar-refractivity contribution in [3.05, 3.63) is 176 Å². The summed E-state index contributed by atoms with van der Waals surface area (Å²) in [6.45, 7) is 0. The molecule has 0 unspecified atom stereocenters. The minimum atomic E-state index is 1.13. The van der Waals surface area contributed by atoms with Crippen LogP contribution in [-0.4, -0.2) is 0 Å². The molecule has 46 heavy (non-hydrogen) atoms. The molecule has 2 heteroatoms. The van der Waals surface area contributed by atoms with Gasteiger partial charge in [-0.25, -0.2) is 0 Å². The van der Waals surface area contributed by atoms with Gasteiger partial charge in [-0.15, -0.1) is 11.3 Å². The van der Waals surface area contributed by atoms with Crippen molar-refractivity contribution in [3.8, 4) is 22.3 Å². The Bertz CT molecular complexity index is 2390. The molecule has 0 aliphatic carbocycles. The Kier molecular flexibility index (Phi) is 6.40. The van der Waals surface area contributed by atoms with Gasteiger partial charge in [-0.3, -0.25) is 0 Å². The quantitative estimate of drug-likeness (QED) is 0.189. The summed E-state index contributed by atoms with van der Waals surface area (Å²) in [4.78, 5) is 2.38. The van der Waals surface area contributed by atoms with E-state index in [9.17, 15) is 0 Å². The van der Waals surface area contributed by atoms with Crippen molar-refractivity contribution in [1.82, 2.24) is 0 Å². The molecule has 9 rings (SSSR count). The average molecular weight is 604 g/mol. The van der Waals surface area contributed by atoms with Gasteiger partial charge in [0.1, 0.15) is 0 Å². The molecule has 0 N–H and O–H groups in total. The SMILES string of the molecule is c1ccc2c(-c3ccc(N(c4ccc(-c5cccc6ccccc56)cc4)c4ccc5sc6ccccc6c5c4)cc3)cccc2c1. The van der Waals surface area contributed by atoms with Gasteiger partial charge < -0.3 is 4.90 Å². The number of benzene rings is 8. The van der Waals surface area contributed by atoms with Crippen LogP contribution < -0.4 is 4.90 Å². The first-order valence-electron chi connectivity index (χ1n) is 15.7. The molecular weight excluding hydrogens is 575 g/mol. The van der Waals surface area contributed by atoms with Crippen LogP contribution in [0.3, 0.4) is 0 Å². The highest BCUT2D eigenvalue weighted by molar-refractivity contribution is 7.25. The lowest BCUT2D eigenvalue weighted by atomic mass is 9.97. The number of hydrogen-bond acceptors (Lipinski definition) is 2. The summed E-state index contributed by atoms with van der Waals surface area (Å²) in [5.74, 6) is 0. The van der Waals surface area contributed by atoms with E-state index in [2.05, 4.69) is 181 Å². The molecule has 0 aliphatic heterocycles. The number of hydrogen-bond donors (Lipinski definition) is 0. The highest BCUT2D eigenvalue weighted by atomic mass is 32.1. The van der Waals surface area contributed by atoms with E-state index in [4.69, 9.17) is 0 Å². The van der Waals surface area contributed by atoms with Gasteiger partial charge in [0.15, 0.2) is 0 Å². The van der Waals surface area contributed by atoms with Crippen LogP contribution >= 0.6 is 11.3 Å². The topological polar surface area (TPSA) is 3.24 Å². The molecule has 0 fully saturated rings. The summed E-state index contributed by atoms with van der Waals surface area (Å²) in [5, 5.41) is 7.66. The highest BCUT2D eigenvalue weighted by Crippen LogP contribution is 2.42. The molecule has 0 radical (unpaired) electrons. The zero-order chi connectivity index (χ0) is 30.5. The van der Waals surface area contributed by atoms with Crippen molar-refractivity contribution in [2.75, 3.05) is 4.90 Å². The standard InChI is InChI=1S/C44H29NS/c1-3-13-37-30(9-1)11-7-16-39(37)32-19-23-34(24-20-32)45(36-27-28-44-42(29-36)41-15-5-6-18-43(41)46-44)35-25-21-33(22-26-35)40-17-8-12-31-10-2-4-14-38(31)40/h1-29H. The van der Waals surface area contributed by atoms with Gasteiger partial charge in [0.2, 0.25) is 0 Å². The molecule has 0 bridgehead atoms. The first-order chi connectivity index (χ1) is 22.8. The van der Waals surface area contributed by atoms with Crippen LogP contribution in [-0.2, 0) is 0 Å². The summed E-state index contributed by atoms with van der Waals surface area (Å²) < 4.78 is 2.63. The van der Waals surface area contributed by atoms with Crippen LogP contribution in [0, 0.1) is 0 Å². The van der Waals surface area contributed by atoms with E-state index in [1.54, 1.807) is 0 Å². The molecule has 0 atom stereocenters. The molecule has 0 saturated carbocycles. The van der Waals surface area contributed by atoms with Gasteiger partial charge in [0, 0.05) is 37.2 Å². The van der Waals surface area contributed by atoms with Gasteiger partial charge in [-0.1, -0.05) is 127 Å². The van der Waals surface area contributed by atoms with Crippen LogP contribution in [0.15, 0.2) is 176 Å². The number of thiophene rings is 1. The Morgan fingerprint density at radius 2 is 0.783 bits per heavy atom. The minimum absolute atomic E-state index is 1.13. The van der Waals surface area contributed by atoms with Crippen LogP contribution in [0.25, 0.3) is 64.0 Å². The predicted molar refractivity (Wildman–Crippen MR) is 200 cm³/mol. The fraction of sp³-hybridized carbons (Fsp3) is 0. The van der Waals surface area contributed by atoms with Crippen LogP contribution in [0.1, 0.15) is 0 Å². The predicted octanol–water partition coefficient (Wildman–Crippen LogP) is 13.2. The molecule has 0 amide bonds. The lowest BCUT2D eigenvalue weighted by Crippen LogP contribution is -2.09. The third-order valence-electron chi connectivity index (χ3n) is 9.07. The van der Waals surface area contributed by atoms with Crippen molar-refractivity contribution >= 4 is 70.1 Å². The van der Waals surface area contributed by atoms with Crippen molar-refractivity contribution in [2.24, 2.45) is 0 Å². The van der Waals surface area contributed by atoms with Crippen molar-refractivity contribution in [2.45, 2.75) is 0 Å². The van der Waals surface area contributed by atoms with E-state index in [1.165, 1.54) is 64.0 Å². The van der Waals surface area contributed by atoms with Gasteiger partial charge >= 0.3 is 0 Å². The Balaban J connectivity index is 1.17. The van der Waals surface area contributed by atoms with E-state index in [1.807, 2.05) is 11.3 Å². The number of nitrogens with zero attached hydrogens (tertiary/aromatic N) is 1. The highest BCUT2D eigenvalue weighted by Gasteiger charge is 2.16. The molecule has 1 nitrogen and oxygen atoms in total. The first-order valence-corrected chi connectivity index (χ1v) is 16.5. The van der Waals surface area contributed by atoms with E-state index < -0.39 is 0 Å². The molecule has 9 aromatic rings. The van der Waals surface area contributed by atoms with Gasteiger partial charge in [0.25, 0.3) is 0 Å². The lowest BCUT2D eigenvalue weighted by molar-refractivity contribution is 1.29. The van der Waals surface area contributed by atoms with E-state index in [-0.39, 0.29) is 0 Å². The summed E-state index contributed by atoms with van der Waals surface area (Å²) >= 11 is 1.86. The molecule has 1 aromatic heterocycles. The van der Waals surface area contributed by atoms with Gasteiger partial charge in [-0.05, 0) is 92.3 Å². The third-order valence-corrected chi connectivity index (χ3v) is 10.2. The normalized spacial score (nSPS) is 11.5. The summed E-state index contributed by atoms with van der Waals surface area (Å²) in [6, 6.07) is 64.0. The van der Waals surface area contributed by atoms with Gasteiger partial charge in [0.05, 0.1) is 0 Å². The first kappa shape index (κ1) is 26.7. The Labute approximate surface area is 272 Å². The Morgan fingerprint density at radius 1 is 0.326 bits per heavy atom.